The van der Waals surface area contributed by atoms with Gasteiger partial charge in [-0.1, -0.05) is 13.3 Å². The van der Waals surface area contributed by atoms with E-state index in [1.807, 2.05) is 20.8 Å². The minimum atomic E-state index is -0.810. The van der Waals surface area contributed by atoms with E-state index in [4.69, 9.17) is 4.74 Å². The molecule has 1 aromatic heterocycles. The predicted octanol–water partition coefficient (Wildman–Crippen LogP) is 2.52. The maximum atomic E-state index is 12.0. The van der Waals surface area contributed by atoms with Crippen LogP contribution in [0, 0.1) is 0 Å². The van der Waals surface area contributed by atoms with E-state index in [0.29, 0.717) is 12.2 Å². The number of nitrogens with zero attached hydrogens (tertiary/aromatic N) is 2. The Hall–Kier alpha value is -1.85. The molecule has 0 aliphatic rings. The van der Waals surface area contributed by atoms with E-state index in [0.717, 1.165) is 12.8 Å². The summed E-state index contributed by atoms with van der Waals surface area (Å²) in [6, 6.07) is 1.85. The SMILES string of the molecule is CCCCC(=O)O[C@H](C)C(=O)Nc1ccnn1C(C)C. The third-order valence-corrected chi connectivity index (χ3v) is 2.82. The van der Waals surface area contributed by atoms with Crippen molar-refractivity contribution in [2.24, 2.45) is 0 Å². The summed E-state index contributed by atoms with van der Waals surface area (Å²) in [7, 11) is 0. The molecule has 6 nitrogen and oxygen atoms in total. The minimum Gasteiger partial charge on any atom is -0.453 e. The largest absolute Gasteiger partial charge is 0.453 e. The number of hydrogen-bond donors (Lipinski definition) is 1. The van der Waals surface area contributed by atoms with Crippen LogP contribution in [0.3, 0.4) is 0 Å². The van der Waals surface area contributed by atoms with Gasteiger partial charge >= 0.3 is 5.97 Å². The zero-order chi connectivity index (χ0) is 15.1. The molecule has 1 rings (SSSR count). The normalized spacial score (nSPS) is 12.2. The van der Waals surface area contributed by atoms with Crippen LogP contribution in [-0.2, 0) is 14.3 Å². The number of esters is 1. The average molecular weight is 281 g/mol. The maximum absolute atomic E-state index is 12.0. The van der Waals surface area contributed by atoms with Crippen molar-refractivity contribution in [1.29, 1.82) is 0 Å². The van der Waals surface area contributed by atoms with E-state index in [9.17, 15) is 9.59 Å². The van der Waals surface area contributed by atoms with E-state index in [2.05, 4.69) is 10.4 Å². The lowest BCUT2D eigenvalue weighted by Crippen LogP contribution is -2.31. The zero-order valence-electron chi connectivity index (χ0n) is 12.5. The van der Waals surface area contributed by atoms with Gasteiger partial charge in [0.2, 0.25) is 0 Å². The molecule has 0 bridgehead atoms. The van der Waals surface area contributed by atoms with Gasteiger partial charge in [-0.3, -0.25) is 9.59 Å². The smallest absolute Gasteiger partial charge is 0.306 e. The van der Waals surface area contributed by atoms with Crippen molar-refractivity contribution in [1.82, 2.24) is 9.78 Å². The summed E-state index contributed by atoms with van der Waals surface area (Å²) in [5.41, 5.74) is 0. The topological polar surface area (TPSA) is 73.2 Å². The van der Waals surface area contributed by atoms with Crippen molar-refractivity contribution >= 4 is 17.7 Å². The highest BCUT2D eigenvalue weighted by Gasteiger charge is 2.19. The molecular formula is C14H23N3O3. The lowest BCUT2D eigenvalue weighted by Gasteiger charge is -2.15. The molecule has 0 aromatic carbocycles. The fraction of sp³-hybridized carbons (Fsp3) is 0.643. The first-order valence-electron chi connectivity index (χ1n) is 6.99. The number of carbonyl (C=O) groups is 2. The fourth-order valence-corrected chi connectivity index (χ4v) is 1.68. The second-order valence-corrected chi connectivity index (χ2v) is 4.98. The van der Waals surface area contributed by atoms with Crippen LogP contribution in [0.4, 0.5) is 5.82 Å². The van der Waals surface area contributed by atoms with Crippen LogP contribution in [0.15, 0.2) is 12.3 Å². The molecule has 20 heavy (non-hydrogen) atoms. The molecule has 1 heterocycles. The number of ether oxygens (including phenoxy) is 1. The third-order valence-electron chi connectivity index (χ3n) is 2.82. The van der Waals surface area contributed by atoms with Crippen molar-refractivity contribution in [2.45, 2.75) is 59.1 Å². The van der Waals surface area contributed by atoms with Gasteiger partial charge < -0.3 is 10.1 Å². The second-order valence-electron chi connectivity index (χ2n) is 4.98. The molecule has 0 saturated heterocycles. The summed E-state index contributed by atoms with van der Waals surface area (Å²) in [4.78, 5) is 23.4. The van der Waals surface area contributed by atoms with Crippen molar-refractivity contribution in [3.05, 3.63) is 12.3 Å². The molecule has 112 valence electrons. The molecule has 0 aliphatic heterocycles. The molecule has 0 spiro atoms. The first kappa shape index (κ1) is 16.2. The lowest BCUT2D eigenvalue weighted by molar-refractivity contribution is -0.153. The number of rotatable bonds is 7. The van der Waals surface area contributed by atoms with Gasteiger partial charge in [0.25, 0.3) is 5.91 Å². The molecule has 0 aliphatic carbocycles. The summed E-state index contributed by atoms with van der Waals surface area (Å²) in [5, 5.41) is 6.84. The van der Waals surface area contributed by atoms with Crippen LogP contribution in [0.1, 0.15) is 53.0 Å². The highest BCUT2D eigenvalue weighted by atomic mass is 16.5. The molecule has 0 saturated carbocycles. The van der Waals surface area contributed by atoms with Gasteiger partial charge in [0.1, 0.15) is 5.82 Å². The van der Waals surface area contributed by atoms with Gasteiger partial charge in [0, 0.05) is 18.5 Å². The molecule has 6 heteroatoms. The Labute approximate surface area is 119 Å². The van der Waals surface area contributed by atoms with Crippen LogP contribution < -0.4 is 5.32 Å². The average Bonchev–Trinajstić information content (AvgIpc) is 2.84. The highest BCUT2D eigenvalue weighted by Crippen LogP contribution is 2.13. The first-order valence-corrected chi connectivity index (χ1v) is 6.99. The molecule has 1 atom stereocenters. The second kappa shape index (κ2) is 7.67. The number of hydrogen-bond acceptors (Lipinski definition) is 4. The summed E-state index contributed by atoms with van der Waals surface area (Å²) >= 11 is 0. The highest BCUT2D eigenvalue weighted by molar-refractivity contribution is 5.94. The van der Waals surface area contributed by atoms with Crippen LogP contribution in [0.5, 0.6) is 0 Å². The van der Waals surface area contributed by atoms with Gasteiger partial charge in [0.05, 0.1) is 6.20 Å². The summed E-state index contributed by atoms with van der Waals surface area (Å²) in [6.07, 6.45) is 2.84. The van der Waals surface area contributed by atoms with Gasteiger partial charge in [0.15, 0.2) is 6.10 Å². The number of carbonyl (C=O) groups excluding carboxylic acids is 2. The van der Waals surface area contributed by atoms with Crippen molar-refractivity contribution in [2.75, 3.05) is 5.32 Å². The summed E-state index contributed by atoms with van der Waals surface area (Å²) in [6.45, 7) is 7.50. The van der Waals surface area contributed by atoms with Gasteiger partial charge in [-0.25, -0.2) is 4.68 Å². The Morgan fingerprint density at radius 2 is 2.10 bits per heavy atom. The van der Waals surface area contributed by atoms with Crippen LogP contribution in [0.2, 0.25) is 0 Å². The zero-order valence-corrected chi connectivity index (χ0v) is 12.5. The van der Waals surface area contributed by atoms with E-state index < -0.39 is 6.10 Å². The van der Waals surface area contributed by atoms with Crippen molar-refractivity contribution in [3.8, 4) is 0 Å². The number of anilines is 1. The first-order chi connectivity index (χ1) is 9.45. The quantitative estimate of drug-likeness (QED) is 0.779. The Balaban J connectivity index is 2.53. The molecule has 0 unspecified atom stereocenters. The van der Waals surface area contributed by atoms with Crippen LogP contribution in [0.25, 0.3) is 0 Å². The van der Waals surface area contributed by atoms with Crippen LogP contribution >= 0.6 is 0 Å². The third kappa shape index (κ3) is 4.68. The minimum absolute atomic E-state index is 0.141. The van der Waals surface area contributed by atoms with Gasteiger partial charge in [-0.2, -0.15) is 5.10 Å². The molecule has 0 radical (unpaired) electrons. The van der Waals surface area contributed by atoms with E-state index in [1.54, 1.807) is 23.9 Å². The van der Waals surface area contributed by atoms with E-state index >= 15 is 0 Å². The molecular weight excluding hydrogens is 258 g/mol. The number of unbranched alkanes of at least 4 members (excludes halogenated alkanes) is 1. The van der Waals surface area contributed by atoms with Gasteiger partial charge in [-0.05, 0) is 27.2 Å². The Kier molecular flexibility index (Phi) is 6.21. The van der Waals surface area contributed by atoms with E-state index in [-0.39, 0.29) is 17.9 Å². The van der Waals surface area contributed by atoms with Gasteiger partial charge in [-0.15, -0.1) is 0 Å². The Morgan fingerprint density at radius 3 is 2.70 bits per heavy atom. The number of amides is 1. The van der Waals surface area contributed by atoms with Crippen LogP contribution in [-0.4, -0.2) is 27.8 Å². The summed E-state index contributed by atoms with van der Waals surface area (Å²) < 4.78 is 6.78. The molecule has 1 amide bonds. The Morgan fingerprint density at radius 1 is 1.40 bits per heavy atom. The number of nitrogens with one attached hydrogen (secondary N) is 1. The number of aromatic nitrogens is 2. The van der Waals surface area contributed by atoms with Crippen molar-refractivity contribution < 1.29 is 14.3 Å². The standard InChI is InChI=1S/C14H23N3O3/c1-5-6-7-13(18)20-11(4)14(19)16-12-8-9-15-17(12)10(2)3/h8-11H,5-7H2,1-4H3,(H,16,19)/t11-/m1/s1. The fourth-order valence-electron chi connectivity index (χ4n) is 1.68. The van der Waals surface area contributed by atoms with E-state index in [1.165, 1.54) is 0 Å². The monoisotopic (exact) mass is 281 g/mol. The molecule has 1 N–H and O–H groups in total. The predicted molar refractivity (Wildman–Crippen MR) is 76.3 cm³/mol. The van der Waals surface area contributed by atoms with Crippen molar-refractivity contribution in [3.63, 3.8) is 0 Å². The Bertz CT molecular complexity index is 454. The molecule has 0 fully saturated rings. The molecule has 1 aromatic rings. The summed E-state index contributed by atoms with van der Waals surface area (Å²) in [5.74, 6) is -0.0921. The maximum Gasteiger partial charge on any atom is 0.306 e. The lowest BCUT2D eigenvalue weighted by atomic mass is 10.2.